The number of hydrazone groups is 1. The van der Waals surface area contributed by atoms with E-state index in [0.29, 0.717) is 21.5 Å². The van der Waals surface area contributed by atoms with Gasteiger partial charge in [0.2, 0.25) is 0 Å². The van der Waals surface area contributed by atoms with E-state index in [1.165, 1.54) is 54.7 Å². The lowest BCUT2D eigenvalue weighted by atomic mass is 10.2. The largest absolute Gasteiger partial charge is 0.483 e. The second-order valence-electron chi connectivity index (χ2n) is 6.53. The molecule has 0 spiro atoms. The van der Waals surface area contributed by atoms with E-state index >= 15 is 0 Å². The molecule has 3 aromatic carbocycles. The molecule has 3 rings (SSSR count). The number of non-ortho nitro benzene ring substituents is 1. The number of carbonyl (C=O) groups is 2. The number of nitro benzene ring substituents is 1. The van der Waals surface area contributed by atoms with E-state index in [1.54, 1.807) is 18.2 Å². The second-order valence-corrected chi connectivity index (χ2v) is 7.44. The molecule has 0 radical (unpaired) electrons. The molecule has 2 amide bonds. The van der Waals surface area contributed by atoms with Gasteiger partial charge in [-0.2, -0.15) is 5.10 Å². The summed E-state index contributed by atoms with van der Waals surface area (Å²) in [7, 11) is 0. The Balaban J connectivity index is 1.61. The zero-order chi connectivity index (χ0) is 23.8. The molecule has 0 fully saturated rings. The molecule has 0 aromatic heterocycles. The van der Waals surface area contributed by atoms with E-state index in [9.17, 15) is 24.1 Å². The zero-order valence-electron chi connectivity index (χ0n) is 16.8. The number of nitro groups is 1. The first-order valence-electron chi connectivity index (χ1n) is 9.37. The number of rotatable bonds is 8. The quantitative estimate of drug-likeness (QED) is 0.264. The van der Waals surface area contributed by atoms with E-state index in [2.05, 4.69) is 31.8 Å². The third kappa shape index (κ3) is 6.94. The van der Waals surface area contributed by atoms with Crippen LogP contribution in [0.3, 0.4) is 0 Å². The number of hydrogen-bond acceptors (Lipinski definition) is 6. The molecule has 2 N–H and O–H groups in total. The summed E-state index contributed by atoms with van der Waals surface area (Å²) >= 11 is 3.33. The standard InChI is InChI=1S/C22H16BrFN4O5/c23-16-3-10-20(33-13-21(29)26-18-6-4-17(24)5-7-18)15(11-16)12-25-27-22(30)14-1-8-19(9-2-14)28(31)32/h1-12H,13H2,(H,26,29)(H,27,30)/b25-12+. The van der Waals surface area contributed by atoms with Crippen molar-refractivity contribution in [1.82, 2.24) is 5.43 Å². The highest BCUT2D eigenvalue weighted by atomic mass is 79.9. The minimum Gasteiger partial charge on any atom is -0.483 e. The van der Waals surface area contributed by atoms with Crippen LogP contribution in [0.15, 0.2) is 76.3 Å². The summed E-state index contributed by atoms with van der Waals surface area (Å²) in [5.41, 5.74) is 3.29. The summed E-state index contributed by atoms with van der Waals surface area (Å²) in [6.07, 6.45) is 1.33. The number of nitrogens with zero attached hydrogens (tertiary/aromatic N) is 2. The minimum atomic E-state index is -0.561. The Bertz CT molecular complexity index is 1200. The van der Waals surface area contributed by atoms with E-state index < -0.39 is 22.6 Å². The number of carbonyl (C=O) groups excluding carboxylic acids is 2. The summed E-state index contributed by atoms with van der Waals surface area (Å²) in [6.45, 7) is -0.311. The fourth-order valence-corrected chi connectivity index (χ4v) is 2.96. The van der Waals surface area contributed by atoms with Crippen LogP contribution in [0, 0.1) is 15.9 Å². The lowest BCUT2D eigenvalue weighted by Gasteiger charge is -2.10. The molecule has 33 heavy (non-hydrogen) atoms. The Morgan fingerprint density at radius 1 is 1.09 bits per heavy atom. The summed E-state index contributed by atoms with van der Waals surface area (Å²) in [5.74, 6) is -1.08. The maximum atomic E-state index is 13.0. The van der Waals surface area contributed by atoms with Crippen molar-refractivity contribution in [1.29, 1.82) is 0 Å². The van der Waals surface area contributed by atoms with Crippen LogP contribution in [0.5, 0.6) is 5.75 Å². The third-order valence-electron chi connectivity index (χ3n) is 4.17. The van der Waals surface area contributed by atoms with Crippen molar-refractivity contribution in [3.05, 3.63) is 98.3 Å². The van der Waals surface area contributed by atoms with E-state index in [-0.39, 0.29) is 17.9 Å². The molecule has 0 unspecified atom stereocenters. The first-order valence-corrected chi connectivity index (χ1v) is 10.2. The van der Waals surface area contributed by atoms with Gasteiger partial charge < -0.3 is 10.1 Å². The lowest BCUT2D eigenvalue weighted by Crippen LogP contribution is -2.20. The SMILES string of the molecule is O=C(COc1ccc(Br)cc1/C=N/NC(=O)c1ccc([N+](=O)[O-])cc1)Nc1ccc(F)cc1. The van der Waals surface area contributed by atoms with Crippen LogP contribution < -0.4 is 15.5 Å². The molecule has 0 saturated heterocycles. The number of anilines is 1. The highest BCUT2D eigenvalue weighted by molar-refractivity contribution is 9.10. The Morgan fingerprint density at radius 2 is 1.79 bits per heavy atom. The van der Waals surface area contributed by atoms with Crippen LogP contribution in [0.25, 0.3) is 0 Å². The van der Waals surface area contributed by atoms with Gasteiger partial charge in [-0.05, 0) is 54.6 Å². The van der Waals surface area contributed by atoms with Crippen molar-refractivity contribution in [2.75, 3.05) is 11.9 Å². The van der Waals surface area contributed by atoms with E-state index in [1.807, 2.05) is 0 Å². The van der Waals surface area contributed by atoms with Crippen molar-refractivity contribution in [3.63, 3.8) is 0 Å². The summed E-state index contributed by atoms with van der Waals surface area (Å²) in [4.78, 5) is 34.4. The van der Waals surface area contributed by atoms with Crippen LogP contribution in [0.2, 0.25) is 0 Å². The molecule has 0 bridgehead atoms. The fraction of sp³-hybridized carbons (Fsp3) is 0.0455. The predicted molar refractivity (Wildman–Crippen MR) is 123 cm³/mol. The molecule has 0 aliphatic carbocycles. The van der Waals surface area contributed by atoms with Crippen LogP contribution >= 0.6 is 15.9 Å². The number of amides is 2. The van der Waals surface area contributed by atoms with Crippen molar-refractivity contribution in [3.8, 4) is 5.75 Å². The van der Waals surface area contributed by atoms with Crippen LogP contribution in [0.1, 0.15) is 15.9 Å². The molecule has 9 nitrogen and oxygen atoms in total. The first-order chi connectivity index (χ1) is 15.8. The molecule has 0 saturated carbocycles. The normalized spacial score (nSPS) is 10.6. The number of halogens is 2. The smallest absolute Gasteiger partial charge is 0.271 e. The van der Waals surface area contributed by atoms with E-state index in [4.69, 9.17) is 4.74 Å². The monoisotopic (exact) mass is 514 g/mol. The molecule has 11 heteroatoms. The molecule has 0 aliphatic heterocycles. The van der Waals surface area contributed by atoms with Gasteiger partial charge in [0.05, 0.1) is 11.1 Å². The topological polar surface area (TPSA) is 123 Å². The summed E-state index contributed by atoms with van der Waals surface area (Å²) in [5, 5.41) is 17.2. The highest BCUT2D eigenvalue weighted by Gasteiger charge is 2.10. The Hall–Kier alpha value is -4.12. The average Bonchev–Trinajstić information content (AvgIpc) is 2.80. The third-order valence-corrected chi connectivity index (χ3v) is 4.66. The predicted octanol–water partition coefficient (Wildman–Crippen LogP) is 4.28. The lowest BCUT2D eigenvalue weighted by molar-refractivity contribution is -0.384. The number of hydrogen-bond donors (Lipinski definition) is 2. The molecular formula is C22H16BrFN4O5. The second kappa shape index (κ2) is 11.0. The van der Waals surface area contributed by atoms with Gasteiger partial charge in [0.15, 0.2) is 6.61 Å². The van der Waals surface area contributed by atoms with Crippen molar-refractivity contribution >= 4 is 45.3 Å². The van der Waals surface area contributed by atoms with Gasteiger partial charge in [0, 0.05) is 33.4 Å². The van der Waals surface area contributed by atoms with Crippen molar-refractivity contribution < 1.29 is 23.6 Å². The Kier molecular flexibility index (Phi) is 7.82. The van der Waals surface area contributed by atoms with Crippen LogP contribution in [0.4, 0.5) is 15.8 Å². The average molecular weight is 515 g/mol. The molecule has 0 aliphatic rings. The Morgan fingerprint density at radius 3 is 2.45 bits per heavy atom. The zero-order valence-corrected chi connectivity index (χ0v) is 18.4. The highest BCUT2D eigenvalue weighted by Crippen LogP contribution is 2.22. The van der Waals surface area contributed by atoms with Crippen molar-refractivity contribution in [2.45, 2.75) is 0 Å². The fourth-order valence-electron chi connectivity index (χ4n) is 2.58. The number of nitrogens with one attached hydrogen (secondary N) is 2. The van der Waals surface area contributed by atoms with Crippen molar-refractivity contribution in [2.24, 2.45) is 5.10 Å². The summed E-state index contributed by atoms with van der Waals surface area (Å²) in [6, 6.07) is 15.4. The van der Waals surface area contributed by atoms with Gasteiger partial charge in [-0.15, -0.1) is 0 Å². The van der Waals surface area contributed by atoms with Crippen LogP contribution in [-0.4, -0.2) is 29.6 Å². The number of ether oxygens (including phenoxy) is 1. The molecule has 3 aromatic rings. The van der Waals surface area contributed by atoms with E-state index in [0.717, 1.165) is 0 Å². The van der Waals surface area contributed by atoms with Gasteiger partial charge >= 0.3 is 0 Å². The molecule has 0 atom stereocenters. The molecule has 0 heterocycles. The van der Waals surface area contributed by atoms with Crippen LogP contribution in [-0.2, 0) is 4.79 Å². The maximum Gasteiger partial charge on any atom is 0.271 e. The number of benzene rings is 3. The molecular weight excluding hydrogens is 499 g/mol. The minimum absolute atomic E-state index is 0.130. The summed E-state index contributed by atoms with van der Waals surface area (Å²) < 4.78 is 19.2. The first kappa shape index (κ1) is 23.5. The van der Waals surface area contributed by atoms with Gasteiger partial charge in [0.1, 0.15) is 11.6 Å². The Labute approximate surface area is 195 Å². The maximum absolute atomic E-state index is 13.0. The van der Waals surface area contributed by atoms with Gasteiger partial charge in [-0.1, -0.05) is 15.9 Å². The molecule has 168 valence electrons. The van der Waals surface area contributed by atoms with Gasteiger partial charge in [0.25, 0.3) is 17.5 Å². The van der Waals surface area contributed by atoms with Gasteiger partial charge in [-0.25, -0.2) is 9.82 Å². The van der Waals surface area contributed by atoms with Gasteiger partial charge in [-0.3, -0.25) is 19.7 Å².